The molecule has 0 amide bonds. The minimum atomic E-state index is -5.46. The molecular weight excluding hydrogens is 790 g/mol. The zero-order valence-electron chi connectivity index (χ0n) is 38.2. The lowest BCUT2D eigenvalue weighted by Crippen LogP contribution is -2.17. The average molecular weight is 855 g/mol. The fourth-order valence-electron chi connectivity index (χ4n) is 8.15. The van der Waals surface area contributed by atoms with E-state index in [9.17, 15) is 28.9 Å². The third kappa shape index (κ3) is 10.0. The van der Waals surface area contributed by atoms with Crippen molar-refractivity contribution in [2.24, 2.45) is 0 Å². The topological polar surface area (TPSA) is 134 Å². The van der Waals surface area contributed by atoms with E-state index in [1.165, 1.54) is 22.8 Å². The lowest BCUT2D eigenvalue weighted by atomic mass is 9.76. The van der Waals surface area contributed by atoms with Crippen molar-refractivity contribution in [3.8, 4) is 56.0 Å². The quantitative estimate of drug-likeness (QED) is 0.113. The highest BCUT2D eigenvalue weighted by Gasteiger charge is 2.36. The number of aryl methyl sites for hydroxylation is 2. The molecule has 4 N–H and O–H groups in total. The monoisotopic (exact) mass is 854 g/mol. The highest BCUT2D eigenvalue weighted by molar-refractivity contribution is 7.60. The van der Waals surface area contributed by atoms with Gasteiger partial charge in [-0.3, -0.25) is 4.89 Å². The lowest BCUT2D eigenvalue weighted by Gasteiger charge is -2.29. The lowest BCUT2D eigenvalue weighted by molar-refractivity contribution is 0.229. The number of phosphoric acid groups is 2. The third-order valence-electron chi connectivity index (χ3n) is 11.4. The van der Waals surface area contributed by atoms with E-state index in [1.54, 1.807) is 6.07 Å². The van der Waals surface area contributed by atoms with Crippen LogP contribution >= 0.6 is 15.6 Å². The summed E-state index contributed by atoms with van der Waals surface area (Å²) >= 11 is 0. The third-order valence-corrected chi connectivity index (χ3v) is 13.5. The van der Waals surface area contributed by atoms with Crippen LogP contribution in [0.25, 0.3) is 44.5 Å². The van der Waals surface area contributed by atoms with E-state index in [-0.39, 0.29) is 33.2 Å². The number of rotatable bonds is 8. The molecule has 60 heavy (non-hydrogen) atoms. The van der Waals surface area contributed by atoms with Gasteiger partial charge in [0, 0.05) is 17.2 Å². The molecule has 322 valence electrons. The van der Waals surface area contributed by atoms with Crippen LogP contribution in [0.3, 0.4) is 0 Å². The Morgan fingerprint density at radius 2 is 0.850 bits per heavy atom. The maximum atomic E-state index is 13.2. The minimum absolute atomic E-state index is 0.0510. The molecule has 1 atom stereocenters. The van der Waals surface area contributed by atoms with Gasteiger partial charge in [0.25, 0.3) is 0 Å². The zero-order chi connectivity index (χ0) is 45.3. The van der Waals surface area contributed by atoms with Crippen LogP contribution in [0.5, 0.6) is 11.5 Å². The maximum Gasteiger partial charge on any atom is 0.536 e. The van der Waals surface area contributed by atoms with Crippen molar-refractivity contribution < 1.29 is 37.8 Å². The van der Waals surface area contributed by atoms with E-state index >= 15 is 0 Å². The summed E-state index contributed by atoms with van der Waals surface area (Å²) < 4.78 is 34.8. The Bertz CT molecular complexity index is 2570. The number of phenols is 1. The molecule has 5 aromatic carbocycles. The Balaban J connectivity index is 1.86. The van der Waals surface area contributed by atoms with Crippen LogP contribution < -0.4 is 4.52 Å². The minimum Gasteiger partial charge on any atom is -0.507 e. The van der Waals surface area contributed by atoms with Gasteiger partial charge in [-0.05, 0) is 133 Å². The van der Waals surface area contributed by atoms with Crippen molar-refractivity contribution in [1.29, 1.82) is 0 Å². The number of benzene rings is 5. The van der Waals surface area contributed by atoms with Gasteiger partial charge in [0.05, 0.1) is 0 Å². The maximum absolute atomic E-state index is 13.2. The van der Waals surface area contributed by atoms with Crippen molar-refractivity contribution in [3.63, 3.8) is 0 Å². The van der Waals surface area contributed by atoms with Gasteiger partial charge in [-0.2, -0.15) is 4.31 Å². The summed E-state index contributed by atoms with van der Waals surface area (Å²) in [4.78, 5) is 29.7. The Kier molecular flexibility index (Phi) is 12.6. The van der Waals surface area contributed by atoms with Crippen LogP contribution in [-0.4, -0.2) is 19.8 Å². The van der Waals surface area contributed by atoms with Crippen LogP contribution in [0.1, 0.15) is 128 Å². The highest BCUT2D eigenvalue weighted by atomic mass is 31.3. The van der Waals surface area contributed by atoms with E-state index < -0.39 is 15.6 Å². The number of aromatic hydroxyl groups is 1. The second kappa shape index (κ2) is 16.0. The van der Waals surface area contributed by atoms with Gasteiger partial charge in [0.15, 0.2) is 0 Å². The Morgan fingerprint density at radius 3 is 1.22 bits per heavy atom. The Labute approximate surface area is 357 Å². The number of phenolic OH excluding ortho intramolecular Hbond substituents is 1. The van der Waals surface area contributed by atoms with Crippen LogP contribution in [0.2, 0.25) is 0 Å². The van der Waals surface area contributed by atoms with Crippen molar-refractivity contribution in [3.05, 3.63) is 117 Å². The normalized spacial score (nSPS) is 14.0. The van der Waals surface area contributed by atoms with Gasteiger partial charge in [-0.1, -0.05) is 144 Å². The van der Waals surface area contributed by atoms with Gasteiger partial charge in [-0.25, -0.2) is 9.13 Å². The van der Waals surface area contributed by atoms with E-state index in [0.717, 1.165) is 55.6 Å². The molecule has 0 bridgehead atoms. The summed E-state index contributed by atoms with van der Waals surface area (Å²) in [5.74, 6) is -0.538. The molecule has 0 spiro atoms. The molecule has 0 aliphatic carbocycles. The number of hydrogen-bond donors (Lipinski definition) is 4. The molecule has 5 aromatic rings. The molecule has 1 unspecified atom stereocenters. The van der Waals surface area contributed by atoms with Crippen LogP contribution in [0, 0.1) is 27.7 Å². The number of hydrogen-bond acceptors (Lipinski definition) is 5. The molecule has 5 rings (SSSR count). The molecule has 0 fully saturated rings. The predicted molar refractivity (Wildman–Crippen MR) is 247 cm³/mol. The van der Waals surface area contributed by atoms with Crippen LogP contribution in [-0.2, 0) is 35.1 Å². The summed E-state index contributed by atoms with van der Waals surface area (Å²) in [5, 5.41) is 11.9. The molecule has 0 saturated carbocycles. The first-order valence-electron chi connectivity index (χ1n) is 20.4. The van der Waals surface area contributed by atoms with Crippen LogP contribution in [0.15, 0.2) is 72.8 Å². The molecular formula is C50H64O8P2. The van der Waals surface area contributed by atoms with Crippen molar-refractivity contribution >= 4 is 15.6 Å². The standard InChI is InChI=1S/C50H64O8P2/c1-29-17-21-35(37-23-19-33(47(5,6)7)25-41(37)49(11,12)13)31(3)45(29)39-27-40(44(28-43(39)51)57-60(55,56)58-59(52,53)54)46-30(2)18-22-36(32(46)4)38-24-20-34(48(8,9)10)26-42(38)50(14,15)16/h17-28,51H,1-16H3,(H,55,56)(H2,52,53,54). The molecule has 0 saturated heterocycles. The second-order valence-electron chi connectivity index (χ2n) is 20.4. The summed E-state index contributed by atoms with van der Waals surface area (Å²) in [6.07, 6.45) is 0. The van der Waals surface area contributed by atoms with E-state index in [1.807, 2.05) is 39.8 Å². The average Bonchev–Trinajstić information content (AvgIpc) is 3.06. The first-order valence-corrected chi connectivity index (χ1v) is 23.4. The van der Waals surface area contributed by atoms with Gasteiger partial charge in [0.2, 0.25) is 0 Å². The highest BCUT2D eigenvalue weighted by Crippen LogP contribution is 2.59. The fourth-order valence-corrected chi connectivity index (χ4v) is 9.76. The second-order valence-corrected chi connectivity index (χ2v) is 23.1. The molecule has 0 aliphatic heterocycles. The summed E-state index contributed by atoms with van der Waals surface area (Å²) in [6, 6.07) is 24.4. The largest absolute Gasteiger partial charge is 0.536 e. The fraction of sp³-hybridized carbons (Fsp3) is 0.400. The van der Waals surface area contributed by atoms with Crippen LogP contribution in [0.4, 0.5) is 0 Å². The zero-order valence-corrected chi connectivity index (χ0v) is 40.0. The molecule has 0 aliphatic rings. The van der Waals surface area contributed by atoms with Gasteiger partial charge < -0.3 is 19.4 Å². The molecule has 0 heterocycles. The Hall–Kier alpha value is -4.00. The summed E-state index contributed by atoms with van der Waals surface area (Å²) in [7, 11) is -10.9. The number of phosphoric ester groups is 1. The first kappa shape index (κ1) is 47.1. The van der Waals surface area contributed by atoms with Crippen molar-refractivity contribution in [2.75, 3.05) is 0 Å². The van der Waals surface area contributed by atoms with Gasteiger partial charge >= 0.3 is 15.6 Å². The van der Waals surface area contributed by atoms with Crippen molar-refractivity contribution in [1.82, 2.24) is 0 Å². The Morgan fingerprint density at radius 1 is 0.467 bits per heavy atom. The summed E-state index contributed by atoms with van der Waals surface area (Å²) in [5.41, 5.74) is 14.0. The molecule has 0 aromatic heterocycles. The first-order chi connectivity index (χ1) is 27.2. The van der Waals surface area contributed by atoms with E-state index in [0.29, 0.717) is 16.7 Å². The van der Waals surface area contributed by atoms with Gasteiger partial charge in [0.1, 0.15) is 11.5 Å². The van der Waals surface area contributed by atoms with Gasteiger partial charge in [-0.15, -0.1) is 0 Å². The SMILES string of the molecule is Cc1ccc(-c2ccc(C(C)(C)C)cc2C(C)(C)C)c(C)c1-c1cc(-c2c(C)ccc(-c3ccc(C(C)(C)C)cc3C(C)(C)C)c2C)c(OP(=O)(O)OP(=O)(O)O)cc1O. The summed E-state index contributed by atoms with van der Waals surface area (Å²) in [6.45, 7) is 34.3. The molecule has 8 nitrogen and oxygen atoms in total. The van der Waals surface area contributed by atoms with Crippen molar-refractivity contribution in [2.45, 2.75) is 132 Å². The molecule has 10 heteroatoms. The molecule has 0 radical (unpaired) electrons. The predicted octanol–water partition coefficient (Wildman–Crippen LogP) is 14.1. The van der Waals surface area contributed by atoms with E-state index in [2.05, 4.69) is 136 Å². The smallest absolute Gasteiger partial charge is 0.507 e. The van der Waals surface area contributed by atoms with E-state index in [4.69, 9.17) is 4.52 Å².